The van der Waals surface area contributed by atoms with Gasteiger partial charge in [-0.2, -0.15) is 0 Å². The summed E-state index contributed by atoms with van der Waals surface area (Å²) in [5, 5.41) is 0. The molecule has 2 heteroatoms. The predicted octanol–water partition coefficient (Wildman–Crippen LogP) is 2.72. The monoisotopic (exact) mass is 172 g/mol. The lowest BCUT2D eigenvalue weighted by molar-refractivity contribution is -0.0680. The highest BCUT2D eigenvalue weighted by Gasteiger charge is 2.28. The molecule has 0 aliphatic carbocycles. The van der Waals surface area contributed by atoms with Crippen LogP contribution >= 0.6 is 0 Å². The summed E-state index contributed by atoms with van der Waals surface area (Å²) in [4.78, 5) is 0. The van der Waals surface area contributed by atoms with Crippen LogP contribution in [0, 0.1) is 0 Å². The minimum Gasteiger partial charge on any atom is -0.347 e. The molecule has 1 heterocycles. The van der Waals surface area contributed by atoms with Crippen LogP contribution in [0.2, 0.25) is 0 Å². The summed E-state index contributed by atoms with van der Waals surface area (Å²) >= 11 is 0. The first-order valence-corrected chi connectivity index (χ1v) is 5.05. The first-order chi connectivity index (χ1) is 5.74. The van der Waals surface area contributed by atoms with Gasteiger partial charge in [0.25, 0.3) is 0 Å². The number of rotatable bonds is 4. The molecule has 1 fully saturated rings. The minimum atomic E-state index is 0.0709. The Kier molecular flexibility index (Phi) is 4.02. The lowest BCUT2D eigenvalue weighted by Crippen LogP contribution is -2.13. The minimum absolute atomic E-state index is 0.0709. The third kappa shape index (κ3) is 2.76. The fraction of sp³-hybridized carbons (Fsp3) is 1.00. The summed E-state index contributed by atoms with van der Waals surface area (Å²) in [7, 11) is 0. The zero-order chi connectivity index (χ0) is 8.97. The number of unbranched alkanes of at least 4 members (excludes halogenated alkanes) is 2. The van der Waals surface area contributed by atoms with E-state index in [0.717, 1.165) is 6.42 Å². The van der Waals surface area contributed by atoms with Gasteiger partial charge in [-0.1, -0.05) is 19.8 Å². The summed E-state index contributed by atoms with van der Waals surface area (Å²) < 4.78 is 11.2. The Balaban J connectivity index is 2.10. The molecule has 0 radical (unpaired) electrons. The van der Waals surface area contributed by atoms with Gasteiger partial charge in [0.15, 0.2) is 6.29 Å². The van der Waals surface area contributed by atoms with Gasteiger partial charge in [0.1, 0.15) is 0 Å². The molecule has 0 N–H and O–H groups in total. The van der Waals surface area contributed by atoms with Crippen molar-refractivity contribution in [3.8, 4) is 0 Å². The third-order valence-electron chi connectivity index (χ3n) is 2.44. The van der Waals surface area contributed by atoms with Gasteiger partial charge in [0.05, 0.1) is 12.2 Å². The summed E-state index contributed by atoms with van der Waals surface area (Å²) in [6.45, 7) is 6.36. The Bertz CT molecular complexity index is 115. The normalized spacial score (nSPS) is 35.8. The fourth-order valence-electron chi connectivity index (χ4n) is 1.43. The molecule has 12 heavy (non-hydrogen) atoms. The highest BCUT2D eigenvalue weighted by atomic mass is 16.7. The smallest absolute Gasteiger partial charge is 0.158 e. The second-order valence-electron chi connectivity index (χ2n) is 3.61. The van der Waals surface area contributed by atoms with E-state index in [-0.39, 0.29) is 18.5 Å². The van der Waals surface area contributed by atoms with Gasteiger partial charge in [-0.3, -0.25) is 0 Å². The second-order valence-corrected chi connectivity index (χ2v) is 3.61. The molecule has 0 aromatic heterocycles. The van der Waals surface area contributed by atoms with Crippen molar-refractivity contribution in [1.29, 1.82) is 0 Å². The van der Waals surface area contributed by atoms with Crippen molar-refractivity contribution >= 4 is 0 Å². The maximum absolute atomic E-state index is 5.60. The largest absolute Gasteiger partial charge is 0.347 e. The Morgan fingerprint density at radius 3 is 2.08 bits per heavy atom. The molecule has 0 aromatic rings. The van der Waals surface area contributed by atoms with Crippen molar-refractivity contribution in [2.24, 2.45) is 0 Å². The van der Waals surface area contributed by atoms with Crippen LogP contribution in [0.15, 0.2) is 0 Å². The van der Waals surface area contributed by atoms with Gasteiger partial charge < -0.3 is 9.47 Å². The molecule has 2 nitrogen and oxygen atoms in total. The zero-order valence-electron chi connectivity index (χ0n) is 8.38. The van der Waals surface area contributed by atoms with Crippen LogP contribution < -0.4 is 0 Å². The molecule has 0 amide bonds. The number of hydrogen-bond donors (Lipinski definition) is 0. The van der Waals surface area contributed by atoms with Crippen LogP contribution in [-0.2, 0) is 9.47 Å². The van der Waals surface area contributed by atoms with E-state index in [0.29, 0.717) is 0 Å². The van der Waals surface area contributed by atoms with Crippen LogP contribution in [-0.4, -0.2) is 18.5 Å². The quantitative estimate of drug-likeness (QED) is 0.607. The molecule has 0 spiro atoms. The third-order valence-corrected chi connectivity index (χ3v) is 2.44. The van der Waals surface area contributed by atoms with Crippen molar-refractivity contribution in [1.82, 2.24) is 0 Å². The van der Waals surface area contributed by atoms with Gasteiger partial charge in [-0.15, -0.1) is 0 Å². The Morgan fingerprint density at radius 1 is 1.00 bits per heavy atom. The van der Waals surface area contributed by atoms with Crippen LogP contribution in [0.5, 0.6) is 0 Å². The molecular weight excluding hydrogens is 152 g/mol. The van der Waals surface area contributed by atoms with Gasteiger partial charge >= 0.3 is 0 Å². The molecule has 0 aromatic carbocycles. The standard InChI is InChI=1S/C10H20O2/c1-4-5-6-7-10-11-8(2)9(3)12-10/h8-10H,4-7H2,1-3H3. The van der Waals surface area contributed by atoms with Crippen molar-refractivity contribution in [2.45, 2.75) is 65.0 Å². The highest BCUT2D eigenvalue weighted by Crippen LogP contribution is 2.22. The molecule has 72 valence electrons. The highest BCUT2D eigenvalue weighted by molar-refractivity contribution is 4.68. The van der Waals surface area contributed by atoms with E-state index in [1.807, 2.05) is 0 Å². The van der Waals surface area contributed by atoms with Crippen LogP contribution in [0.1, 0.15) is 46.5 Å². The van der Waals surface area contributed by atoms with Gasteiger partial charge in [0.2, 0.25) is 0 Å². The number of ether oxygens (including phenoxy) is 2. The summed E-state index contributed by atoms with van der Waals surface area (Å²) in [6.07, 6.45) is 5.45. The van der Waals surface area contributed by atoms with Crippen molar-refractivity contribution in [2.75, 3.05) is 0 Å². The van der Waals surface area contributed by atoms with E-state index >= 15 is 0 Å². The maximum atomic E-state index is 5.60. The molecule has 2 atom stereocenters. The van der Waals surface area contributed by atoms with Crippen molar-refractivity contribution in [3.63, 3.8) is 0 Å². The van der Waals surface area contributed by atoms with Crippen molar-refractivity contribution < 1.29 is 9.47 Å². The summed E-state index contributed by atoms with van der Waals surface area (Å²) in [5.41, 5.74) is 0. The van der Waals surface area contributed by atoms with Crippen LogP contribution in [0.25, 0.3) is 0 Å². The molecule has 1 saturated heterocycles. The molecule has 2 unspecified atom stereocenters. The van der Waals surface area contributed by atoms with E-state index in [4.69, 9.17) is 9.47 Å². The predicted molar refractivity (Wildman–Crippen MR) is 49.0 cm³/mol. The average molecular weight is 172 g/mol. The molecular formula is C10H20O2. The van der Waals surface area contributed by atoms with E-state index in [1.54, 1.807) is 0 Å². The molecule has 0 bridgehead atoms. The average Bonchev–Trinajstić information content (AvgIpc) is 2.32. The molecule has 1 aliphatic rings. The fourth-order valence-corrected chi connectivity index (χ4v) is 1.43. The van der Waals surface area contributed by atoms with E-state index < -0.39 is 0 Å². The second kappa shape index (κ2) is 4.83. The molecule has 0 saturated carbocycles. The lowest BCUT2D eigenvalue weighted by Gasteiger charge is -2.08. The summed E-state index contributed by atoms with van der Waals surface area (Å²) in [6, 6.07) is 0. The Hall–Kier alpha value is -0.0800. The van der Waals surface area contributed by atoms with Gasteiger partial charge in [0, 0.05) is 0 Å². The number of hydrogen-bond acceptors (Lipinski definition) is 2. The lowest BCUT2D eigenvalue weighted by atomic mass is 10.2. The first-order valence-electron chi connectivity index (χ1n) is 5.05. The zero-order valence-corrected chi connectivity index (χ0v) is 8.38. The molecule has 1 aliphatic heterocycles. The SMILES string of the molecule is CCCCCC1OC(C)C(C)O1. The summed E-state index contributed by atoms with van der Waals surface area (Å²) in [5.74, 6) is 0. The maximum Gasteiger partial charge on any atom is 0.158 e. The van der Waals surface area contributed by atoms with E-state index in [9.17, 15) is 0 Å². The van der Waals surface area contributed by atoms with Crippen LogP contribution in [0.4, 0.5) is 0 Å². The van der Waals surface area contributed by atoms with Crippen LogP contribution in [0.3, 0.4) is 0 Å². The van der Waals surface area contributed by atoms with Gasteiger partial charge in [-0.05, 0) is 26.7 Å². The van der Waals surface area contributed by atoms with Gasteiger partial charge in [-0.25, -0.2) is 0 Å². The van der Waals surface area contributed by atoms with E-state index in [2.05, 4.69) is 20.8 Å². The van der Waals surface area contributed by atoms with E-state index in [1.165, 1.54) is 19.3 Å². The Labute approximate surface area is 75.2 Å². The topological polar surface area (TPSA) is 18.5 Å². The Morgan fingerprint density at radius 2 is 1.58 bits per heavy atom. The van der Waals surface area contributed by atoms with Crippen molar-refractivity contribution in [3.05, 3.63) is 0 Å². The molecule has 1 rings (SSSR count). The first kappa shape index (κ1) is 10.0.